The molecule has 0 saturated heterocycles. The van der Waals surface area contributed by atoms with Crippen molar-refractivity contribution in [1.82, 2.24) is 10.4 Å². The summed E-state index contributed by atoms with van der Waals surface area (Å²) in [6, 6.07) is 16.8. The van der Waals surface area contributed by atoms with Crippen LogP contribution in [0.5, 0.6) is 0 Å². The van der Waals surface area contributed by atoms with Crippen molar-refractivity contribution in [1.29, 1.82) is 0 Å². The number of nitrogens with zero attached hydrogens (tertiary/aromatic N) is 1. The van der Waals surface area contributed by atoms with Crippen molar-refractivity contribution in [2.24, 2.45) is 17.6 Å². The smallest absolute Gasteiger partial charge is 0.274 e. The normalized spacial score (nSPS) is 11.9. The van der Waals surface area contributed by atoms with Gasteiger partial charge < -0.3 is 0 Å². The molecule has 0 saturated carbocycles. The molecule has 0 aromatic heterocycles. The number of hydrogen-bond acceptors (Lipinski definition) is 4. The van der Waals surface area contributed by atoms with Crippen molar-refractivity contribution >= 4 is 11.9 Å². The van der Waals surface area contributed by atoms with E-state index in [9.17, 15) is 9.59 Å². The summed E-state index contributed by atoms with van der Waals surface area (Å²) >= 11 is 0. The number of carbonyl (C=O) groups excluding carboxylic acids is 2. The van der Waals surface area contributed by atoms with Crippen LogP contribution >= 0.6 is 0 Å². The molecule has 25 heavy (non-hydrogen) atoms. The van der Waals surface area contributed by atoms with Crippen LogP contribution < -0.4 is 17.1 Å². The second-order valence-corrected chi connectivity index (χ2v) is 6.33. The minimum atomic E-state index is -0.835. The van der Waals surface area contributed by atoms with E-state index in [1.807, 2.05) is 73.9 Å². The third-order valence-corrected chi connectivity index (χ3v) is 3.98. The van der Waals surface area contributed by atoms with E-state index in [0.717, 1.165) is 16.7 Å². The number of hydrazine groups is 2. The van der Waals surface area contributed by atoms with Gasteiger partial charge in [0, 0.05) is 0 Å². The highest BCUT2D eigenvalue weighted by molar-refractivity contribution is 5.97. The maximum Gasteiger partial charge on any atom is 0.352 e. The van der Waals surface area contributed by atoms with Crippen LogP contribution in [0.1, 0.15) is 31.7 Å². The van der Waals surface area contributed by atoms with Crippen molar-refractivity contribution in [3.63, 3.8) is 0 Å². The Bertz CT molecular complexity index is 731. The summed E-state index contributed by atoms with van der Waals surface area (Å²) in [7, 11) is 0. The van der Waals surface area contributed by atoms with Crippen molar-refractivity contribution in [2.75, 3.05) is 0 Å². The summed E-state index contributed by atoms with van der Waals surface area (Å²) in [5.74, 6) is 9.95. The lowest BCUT2D eigenvalue weighted by atomic mass is 9.88. The van der Waals surface area contributed by atoms with Crippen molar-refractivity contribution in [3.05, 3.63) is 60.2 Å². The molecule has 0 radical (unpaired) electrons. The third kappa shape index (κ3) is 4.65. The monoisotopic (exact) mass is 340 g/mol. The maximum atomic E-state index is 12.7. The van der Waals surface area contributed by atoms with Gasteiger partial charge in [-0.1, -0.05) is 68.4 Å². The zero-order chi connectivity index (χ0) is 18.4. The fraction of sp³-hybridized carbons (Fsp3) is 0.263. The summed E-state index contributed by atoms with van der Waals surface area (Å²) in [5.41, 5.74) is 4.77. The van der Waals surface area contributed by atoms with Crippen molar-refractivity contribution in [2.45, 2.75) is 26.2 Å². The molecule has 1 unspecified atom stereocenters. The average molecular weight is 340 g/mol. The highest BCUT2D eigenvalue weighted by atomic mass is 16.2. The maximum absolute atomic E-state index is 12.7. The first-order chi connectivity index (χ1) is 11.9. The first-order valence-corrected chi connectivity index (χ1v) is 8.18. The molecule has 0 spiro atoms. The molecule has 0 bridgehead atoms. The highest BCUT2D eigenvalue weighted by Crippen LogP contribution is 2.29. The molecular formula is C19H24N4O2. The van der Waals surface area contributed by atoms with Gasteiger partial charge in [-0.25, -0.2) is 16.5 Å². The standard InChI is InChI=1S/C19H24N4O2/c1-13(2)11-17(18(24)23(21)19(25)22-20)16-10-6-9-15(12-16)14-7-4-3-5-8-14/h3-10,12-13,17H,11,20-21H2,1-2H3,(H,22,25). The quantitative estimate of drug-likeness (QED) is 0.442. The first-order valence-electron chi connectivity index (χ1n) is 8.18. The number of carbonyl (C=O) groups is 2. The minimum absolute atomic E-state index is 0.253. The Labute approximate surface area is 147 Å². The zero-order valence-corrected chi connectivity index (χ0v) is 14.5. The average Bonchev–Trinajstić information content (AvgIpc) is 2.65. The number of nitrogens with two attached hydrogens (primary N) is 2. The lowest BCUT2D eigenvalue weighted by molar-refractivity contribution is -0.130. The van der Waals surface area contributed by atoms with Crippen LogP contribution in [-0.4, -0.2) is 16.9 Å². The van der Waals surface area contributed by atoms with Gasteiger partial charge >= 0.3 is 6.03 Å². The van der Waals surface area contributed by atoms with Crippen LogP contribution in [0, 0.1) is 5.92 Å². The molecule has 0 fully saturated rings. The molecule has 2 aromatic rings. The second-order valence-electron chi connectivity index (χ2n) is 6.33. The summed E-state index contributed by atoms with van der Waals surface area (Å²) in [4.78, 5) is 24.3. The van der Waals surface area contributed by atoms with Crippen molar-refractivity contribution in [3.8, 4) is 11.1 Å². The lowest BCUT2D eigenvalue weighted by Crippen LogP contribution is -2.52. The van der Waals surface area contributed by atoms with E-state index in [1.54, 1.807) is 0 Å². The number of rotatable bonds is 5. The van der Waals surface area contributed by atoms with Gasteiger partial charge in [-0.05, 0) is 29.0 Å². The van der Waals surface area contributed by atoms with E-state index in [1.165, 1.54) is 0 Å². The van der Waals surface area contributed by atoms with Gasteiger partial charge in [0.05, 0.1) is 5.92 Å². The first kappa shape index (κ1) is 18.6. The van der Waals surface area contributed by atoms with Gasteiger partial charge in [-0.3, -0.25) is 10.2 Å². The molecule has 0 aliphatic rings. The fourth-order valence-electron chi connectivity index (χ4n) is 2.75. The largest absolute Gasteiger partial charge is 0.352 e. The van der Waals surface area contributed by atoms with E-state index in [4.69, 9.17) is 11.7 Å². The highest BCUT2D eigenvalue weighted by Gasteiger charge is 2.28. The number of imide groups is 1. The minimum Gasteiger partial charge on any atom is -0.274 e. The summed E-state index contributed by atoms with van der Waals surface area (Å²) in [6.07, 6.45) is 0.572. The molecule has 2 aromatic carbocycles. The van der Waals surface area contributed by atoms with Crippen LogP contribution in [0.2, 0.25) is 0 Å². The van der Waals surface area contributed by atoms with E-state index < -0.39 is 17.9 Å². The predicted molar refractivity (Wildman–Crippen MR) is 97.8 cm³/mol. The predicted octanol–water partition coefficient (Wildman–Crippen LogP) is 2.77. The fourth-order valence-corrected chi connectivity index (χ4v) is 2.75. The van der Waals surface area contributed by atoms with E-state index in [0.29, 0.717) is 11.4 Å². The van der Waals surface area contributed by atoms with E-state index in [-0.39, 0.29) is 5.92 Å². The van der Waals surface area contributed by atoms with Crippen LogP contribution in [0.3, 0.4) is 0 Å². The molecule has 0 heterocycles. The molecule has 3 amide bonds. The molecule has 6 nitrogen and oxygen atoms in total. The lowest BCUT2D eigenvalue weighted by Gasteiger charge is -2.23. The Morgan fingerprint density at radius 1 is 1.04 bits per heavy atom. The van der Waals surface area contributed by atoms with Gasteiger partial charge in [0.25, 0.3) is 5.91 Å². The molecule has 6 heteroatoms. The molecule has 132 valence electrons. The van der Waals surface area contributed by atoms with Gasteiger partial charge in [0.15, 0.2) is 0 Å². The van der Waals surface area contributed by atoms with Gasteiger partial charge in [-0.15, -0.1) is 0 Å². The number of benzene rings is 2. The van der Waals surface area contributed by atoms with Gasteiger partial charge in [-0.2, -0.15) is 5.01 Å². The molecule has 0 aliphatic heterocycles. The number of amides is 3. The summed E-state index contributed by atoms with van der Waals surface area (Å²) < 4.78 is 0. The Hall–Kier alpha value is -2.70. The van der Waals surface area contributed by atoms with Crippen LogP contribution in [0.15, 0.2) is 54.6 Å². The number of hydrogen-bond donors (Lipinski definition) is 3. The molecule has 5 N–H and O–H groups in total. The van der Waals surface area contributed by atoms with Gasteiger partial charge in [0.1, 0.15) is 0 Å². The van der Waals surface area contributed by atoms with E-state index in [2.05, 4.69) is 0 Å². The summed E-state index contributed by atoms with van der Waals surface area (Å²) in [5, 5.41) is 0.544. The Morgan fingerprint density at radius 3 is 2.28 bits per heavy atom. The molecule has 0 aliphatic carbocycles. The SMILES string of the molecule is CC(C)CC(C(=O)N(N)C(=O)NN)c1cccc(-c2ccccc2)c1. The molecule has 2 rings (SSSR count). The number of nitrogens with one attached hydrogen (secondary N) is 1. The van der Waals surface area contributed by atoms with E-state index >= 15 is 0 Å². The molecule has 1 atom stereocenters. The van der Waals surface area contributed by atoms with Crippen molar-refractivity contribution < 1.29 is 9.59 Å². The Balaban J connectivity index is 2.38. The van der Waals surface area contributed by atoms with Gasteiger partial charge in [0.2, 0.25) is 0 Å². The number of urea groups is 1. The second kappa shape index (κ2) is 8.41. The van der Waals surface area contributed by atoms with Crippen LogP contribution in [0.25, 0.3) is 11.1 Å². The summed E-state index contributed by atoms with van der Waals surface area (Å²) in [6.45, 7) is 4.04. The van der Waals surface area contributed by atoms with Crippen LogP contribution in [-0.2, 0) is 4.79 Å². The Kier molecular flexibility index (Phi) is 6.27. The zero-order valence-electron chi connectivity index (χ0n) is 14.5. The van der Waals surface area contributed by atoms with Crippen LogP contribution in [0.4, 0.5) is 4.79 Å². The topological polar surface area (TPSA) is 101 Å². The molecular weight excluding hydrogens is 316 g/mol. The Morgan fingerprint density at radius 2 is 1.68 bits per heavy atom. The third-order valence-electron chi connectivity index (χ3n) is 3.98.